The lowest BCUT2D eigenvalue weighted by Crippen LogP contribution is -2.34. The number of amides is 1. The predicted molar refractivity (Wildman–Crippen MR) is 52.7 cm³/mol. The lowest BCUT2D eigenvalue weighted by molar-refractivity contribution is -0.121. The average molecular weight is 203 g/mol. The Balaban J connectivity index is 2.50. The minimum atomic E-state index is -1.19. The molecule has 1 aromatic rings. The van der Waals surface area contributed by atoms with Crippen LogP contribution in [0.2, 0.25) is 0 Å². The Morgan fingerprint density at radius 3 is 2.00 bits per heavy atom. The largest absolute Gasteiger partial charge is 0.358 e. The van der Waals surface area contributed by atoms with E-state index in [2.05, 4.69) is 5.32 Å². The van der Waals surface area contributed by atoms with Gasteiger partial charge in [0.15, 0.2) is 17.5 Å². The maximum Gasteiger partial charge on any atom is 0.238 e. The third-order valence-corrected chi connectivity index (χ3v) is 2.49. The van der Waals surface area contributed by atoms with Crippen LogP contribution < -0.4 is 5.32 Å². The lowest BCUT2D eigenvalue weighted by Gasteiger charge is -2.03. The number of benzene rings is 1. The molecule has 0 unspecified atom stereocenters. The van der Waals surface area contributed by atoms with E-state index in [0.29, 0.717) is 11.1 Å². The van der Waals surface area contributed by atoms with Gasteiger partial charge in [0.05, 0.1) is 0 Å². The molecule has 76 valence electrons. The minimum Gasteiger partial charge on any atom is -0.358 e. The van der Waals surface area contributed by atoms with Crippen molar-refractivity contribution in [1.82, 2.24) is 5.32 Å². The van der Waals surface area contributed by atoms with Crippen molar-refractivity contribution in [1.29, 1.82) is 0 Å². The third kappa shape index (κ3) is 1.26. The molecule has 0 aliphatic heterocycles. The summed E-state index contributed by atoms with van der Waals surface area (Å²) in [6.45, 7) is 0. The maximum absolute atomic E-state index is 11.7. The van der Waals surface area contributed by atoms with E-state index in [4.69, 9.17) is 0 Å². The summed E-state index contributed by atoms with van der Waals surface area (Å²) in [7, 11) is 1.41. The highest BCUT2D eigenvalue weighted by Gasteiger charge is 2.42. The van der Waals surface area contributed by atoms with E-state index in [1.807, 2.05) is 0 Å². The van der Waals surface area contributed by atoms with Gasteiger partial charge in [-0.25, -0.2) is 0 Å². The van der Waals surface area contributed by atoms with Gasteiger partial charge < -0.3 is 5.32 Å². The second-order valence-corrected chi connectivity index (χ2v) is 3.32. The molecule has 0 aromatic heterocycles. The number of hydrogen-bond acceptors (Lipinski definition) is 3. The van der Waals surface area contributed by atoms with Gasteiger partial charge in [0, 0.05) is 18.2 Å². The summed E-state index contributed by atoms with van der Waals surface area (Å²) in [5, 5.41) is 2.32. The van der Waals surface area contributed by atoms with Gasteiger partial charge in [-0.05, 0) is 0 Å². The van der Waals surface area contributed by atoms with E-state index in [0.717, 1.165) is 0 Å². The van der Waals surface area contributed by atoms with Crippen LogP contribution >= 0.6 is 0 Å². The average Bonchev–Trinajstić information content (AvgIpc) is 2.52. The summed E-state index contributed by atoms with van der Waals surface area (Å²) < 4.78 is 0. The first-order chi connectivity index (χ1) is 7.16. The van der Waals surface area contributed by atoms with Gasteiger partial charge in [-0.15, -0.1) is 0 Å². The standard InChI is InChI=1S/C11H9NO3/c1-12-11(15)8-9(13)6-4-2-3-5-7(6)10(8)14/h2-5,8H,1H3,(H,12,15). The van der Waals surface area contributed by atoms with E-state index in [1.165, 1.54) is 7.05 Å². The van der Waals surface area contributed by atoms with Gasteiger partial charge >= 0.3 is 0 Å². The fraction of sp³-hybridized carbons (Fsp3) is 0.182. The quantitative estimate of drug-likeness (QED) is 0.673. The highest BCUT2D eigenvalue weighted by atomic mass is 16.2. The molecule has 15 heavy (non-hydrogen) atoms. The molecule has 1 amide bonds. The van der Waals surface area contributed by atoms with E-state index < -0.39 is 23.4 Å². The molecule has 0 saturated carbocycles. The van der Waals surface area contributed by atoms with Crippen molar-refractivity contribution < 1.29 is 14.4 Å². The summed E-state index contributed by atoms with van der Waals surface area (Å²) >= 11 is 0. The van der Waals surface area contributed by atoms with Gasteiger partial charge in [0.2, 0.25) is 5.91 Å². The molecule has 0 radical (unpaired) electrons. The van der Waals surface area contributed by atoms with Gasteiger partial charge in [0.1, 0.15) is 0 Å². The molecule has 4 heteroatoms. The van der Waals surface area contributed by atoms with Gasteiger partial charge in [0.25, 0.3) is 0 Å². The Kier molecular flexibility index (Phi) is 2.11. The predicted octanol–water partition coefficient (Wildman–Crippen LogP) is 0.428. The van der Waals surface area contributed by atoms with Crippen molar-refractivity contribution in [2.75, 3.05) is 7.05 Å². The summed E-state index contributed by atoms with van der Waals surface area (Å²) in [6.07, 6.45) is 0. The smallest absolute Gasteiger partial charge is 0.238 e. The zero-order valence-electron chi connectivity index (χ0n) is 8.11. The number of hydrogen-bond donors (Lipinski definition) is 1. The molecule has 0 spiro atoms. The van der Waals surface area contributed by atoms with E-state index in [9.17, 15) is 14.4 Å². The van der Waals surface area contributed by atoms with Gasteiger partial charge in [-0.3, -0.25) is 14.4 Å². The second-order valence-electron chi connectivity index (χ2n) is 3.32. The monoisotopic (exact) mass is 203 g/mol. The van der Waals surface area contributed by atoms with Crippen molar-refractivity contribution in [3.63, 3.8) is 0 Å². The molecule has 2 rings (SSSR count). The molecule has 1 aliphatic carbocycles. The highest BCUT2D eigenvalue weighted by Crippen LogP contribution is 2.26. The Hall–Kier alpha value is -1.97. The summed E-state index contributed by atoms with van der Waals surface area (Å²) in [4.78, 5) is 34.8. The third-order valence-electron chi connectivity index (χ3n) is 2.49. The van der Waals surface area contributed by atoms with Crippen molar-refractivity contribution in [2.24, 2.45) is 5.92 Å². The molecule has 0 atom stereocenters. The molecule has 4 nitrogen and oxygen atoms in total. The van der Waals surface area contributed by atoms with Crippen LogP contribution in [0.15, 0.2) is 24.3 Å². The number of fused-ring (bicyclic) bond motifs is 1. The van der Waals surface area contributed by atoms with Crippen LogP contribution in [0.25, 0.3) is 0 Å². The number of ketones is 2. The molecule has 0 saturated heterocycles. The van der Waals surface area contributed by atoms with Crippen molar-refractivity contribution in [2.45, 2.75) is 0 Å². The Morgan fingerprint density at radius 1 is 1.13 bits per heavy atom. The Morgan fingerprint density at radius 2 is 1.60 bits per heavy atom. The number of rotatable bonds is 1. The first kappa shape index (κ1) is 9.58. The Bertz CT molecular complexity index is 430. The molecule has 1 aliphatic rings. The molecule has 1 aromatic carbocycles. The summed E-state index contributed by atoms with van der Waals surface area (Å²) in [6, 6.07) is 6.49. The Labute approximate surface area is 86.3 Å². The number of carbonyl (C=O) groups excluding carboxylic acids is 3. The second kappa shape index (κ2) is 3.31. The SMILES string of the molecule is CNC(=O)C1C(=O)c2ccccc2C1=O. The van der Waals surface area contributed by atoms with Crippen molar-refractivity contribution >= 4 is 17.5 Å². The van der Waals surface area contributed by atoms with Crippen molar-refractivity contribution in [3.05, 3.63) is 35.4 Å². The van der Waals surface area contributed by atoms with Crippen LogP contribution in [0.4, 0.5) is 0 Å². The van der Waals surface area contributed by atoms with E-state index in [1.54, 1.807) is 24.3 Å². The van der Waals surface area contributed by atoms with Crippen LogP contribution in [0.1, 0.15) is 20.7 Å². The van der Waals surface area contributed by atoms with Crippen molar-refractivity contribution in [3.8, 4) is 0 Å². The fourth-order valence-corrected chi connectivity index (χ4v) is 1.73. The first-order valence-electron chi connectivity index (χ1n) is 4.56. The van der Waals surface area contributed by atoms with E-state index in [-0.39, 0.29) is 0 Å². The topological polar surface area (TPSA) is 63.2 Å². The van der Waals surface area contributed by atoms with Crippen LogP contribution in [-0.4, -0.2) is 24.5 Å². The van der Waals surface area contributed by atoms with E-state index >= 15 is 0 Å². The summed E-state index contributed by atoms with van der Waals surface area (Å²) in [5.74, 6) is -2.54. The lowest BCUT2D eigenvalue weighted by atomic mass is 10.0. The van der Waals surface area contributed by atoms with Crippen LogP contribution in [0.3, 0.4) is 0 Å². The van der Waals surface area contributed by atoms with Crippen LogP contribution in [0, 0.1) is 5.92 Å². The molecular weight excluding hydrogens is 194 g/mol. The van der Waals surface area contributed by atoms with Crippen LogP contribution in [-0.2, 0) is 4.79 Å². The number of Topliss-reactive ketones (excluding diaryl/α,β-unsaturated/α-hetero) is 2. The number of carbonyl (C=O) groups is 3. The molecule has 0 bridgehead atoms. The van der Waals surface area contributed by atoms with Gasteiger partial charge in [-0.2, -0.15) is 0 Å². The maximum atomic E-state index is 11.7. The molecular formula is C11H9NO3. The summed E-state index contributed by atoms with van der Waals surface area (Å²) in [5.41, 5.74) is 0.687. The fourth-order valence-electron chi connectivity index (χ4n) is 1.73. The van der Waals surface area contributed by atoms with Crippen LogP contribution in [0.5, 0.6) is 0 Å². The molecule has 0 heterocycles. The number of nitrogens with one attached hydrogen (secondary N) is 1. The molecule has 0 fully saturated rings. The zero-order chi connectivity index (χ0) is 11.0. The zero-order valence-corrected chi connectivity index (χ0v) is 8.11. The van der Waals surface area contributed by atoms with Gasteiger partial charge in [-0.1, -0.05) is 24.3 Å². The minimum absolute atomic E-state index is 0.344. The normalized spacial score (nSPS) is 15.3. The first-order valence-corrected chi connectivity index (χ1v) is 4.56. The molecule has 1 N–H and O–H groups in total. The highest BCUT2D eigenvalue weighted by molar-refractivity contribution is 6.35.